The Morgan fingerprint density at radius 2 is 2.56 bits per heavy atom. The first-order valence-corrected chi connectivity index (χ1v) is 3.80. The summed E-state index contributed by atoms with van der Waals surface area (Å²) in [6.45, 7) is 4.44. The van der Waals surface area contributed by atoms with Crippen molar-refractivity contribution in [3.8, 4) is 0 Å². The first-order valence-electron chi connectivity index (χ1n) is 2.92. The minimum atomic E-state index is 0.101. The fraction of sp³-hybridized carbons (Fsp3) is 0.667. The van der Waals surface area contributed by atoms with Crippen molar-refractivity contribution >= 4 is 22.6 Å². The quantitative estimate of drug-likeness (QED) is 0.550. The monoisotopic (exact) mass is 143 g/mol. The van der Waals surface area contributed by atoms with Crippen molar-refractivity contribution < 1.29 is 4.79 Å². The number of thioether (sulfide) groups is 1. The first kappa shape index (κ1) is 6.81. The maximum absolute atomic E-state index is 10.6. The van der Waals surface area contributed by atoms with Gasteiger partial charge in [-0.1, -0.05) is 18.7 Å². The van der Waals surface area contributed by atoms with E-state index >= 15 is 0 Å². The minimum absolute atomic E-state index is 0.101. The van der Waals surface area contributed by atoms with Crippen molar-refractivity contribution in [1.29, 1.82) is 0 Å². The van der Waals surface area contributed by atoms with Crippen molar-refractivity contribution in [2.45, 2.75) is 19.1 Å². The lowest BCUT2D eigenvalue weighted by atomic mass is 10.5. The molecule has 1 aliphatic rings. The fourth-order valence-corrected chi connectivity index (χ4v) is 1.52. The molecule has 2 nitrogen and oxygen atoms in total. The lowest BCUT2D eigenvalue weighted by Crippen LogP contribution is -2.02. The van der Waals surface area contributed by atoms with Gasteiger partial charge in [0, 0.05) is 12.2 Å². The predicted octanol–water partition coefficient (Wildman–Crippen LogP) is 1.11. The molecule has 0 saturated heterocycles. The number of ketones is 1. The van der Waals surface area contributed by atoms with Crippen LogP contribution in [0.2, 0.25) is 0 Å². The van der Waals surface area contributed by atoms with Crippen LogP contribution in [0.15, 0.2) is 4.99 Å². The van der Waals surface area contributed by atoms with Crippen molar-refractivity contribution in [3.63, 3.8) is 0 Å². The Hall–Kier alpha value is -0.310. The molecule has 9 heavy (non-hydrogen) atoms. The molecule has 50 valence electrons. The number of nitrogens with zero attached hydrogens (tertiary/aromatic N) is 1. The summed E-state index contributed by atoms with van der Waals surface area (Å²) in [6.07, 6.45) is 0. The highest BCUT2D eigenvalue weighted by molar-refractivity contribution is 8.16. The van der Waals surface area contributed by atoms with E-state index in [9.17, 15) is 4.79 Å². The predicted molar refractivity (Wildman–Crippen MR) is 40.0 cm³/mol. The summed E-state index contributed by atoms with van der Waals surface area (Å²) in [5.74, 6) is 0.101. The maximum Gasteiger partial charge on any atom is 0.184 e. The second kappa shape index (κ2) is 2.52. The van der Waals surface area contributed by atoms with E-state index in [1.165, 1.54) is 0 Å². The average Bonchev–Trinajstić information content (AvgIpc) is 2.14. The Balaban J connectivity index is 2.55. The lowest BCUT2D eigenvalue weighted by molar-refractivity contribution is -0.110. The molecule has 1 aliphatic heterocycles. The molecule has 1 heterocycles. The van der Waals surface area contributed by atoms with Crippen LogP contribution in [0, 0.1) is 0 Å². The fourth-order valence-electron chi connectivity index (χ4n) is 0.671. The van der Waals surface area contributed by atoms with Gasteiger partial charge in [0.25, 0.3) is 0 Å². The zero-order valence-electron chi connectivity index (χ0n) is 5.55. The average molecular weight is 143 g/mol. The summed E-state index contributed by atoms with van der Waals surface area (Å²) in [7, 11) is 0. The van der Waals surface area contributed by atoms with Gasteiger partial charge in [-0.05, 0) is 0 Å². The third kappa shape index (κ3) is 1.55. The first-order chi connectivity index (χ1) is 4.20. The zero-order valence-corrected chi connectivity index (χ0v) is 6.36. The Labute approximate surface area is 58.7 Å². The number of aliphatic imine (C=N–C) groups is 1. The van der Waals surface area contributed by atoms with E-state index in [0.717, 1.165) is 6.54 Å². The standard InChI is InChI=1S/C6H9NOS/c1-4-3-7-6(9-4)5(2)8/h4H,3H2,1-2H3. The van der Waals surface area contributed by atoms with Crippen LogP contribution < -0.4 is 0 Å². The molecule has 0 aliphatic carbocycles. The van der Waals surface area contributed by atoms with Crippen molar-refractivity contribution in [1.82, 2.24) is 0 Å². The van der Waals surface area contributed by atoms with Gasteiger partial charge < -0.3 is 0 Å². The molecule has 0 aromatic rings. The van der Waals surface area contributed by atoms with Crippen LogP contribution in [0.4, 0.5) is 0 Å². The molecular formula is C6H9NOS. The third-order valence-electron chi connectivity index (χ3n) is 1.11. The van der Waals surface area contributed by atoms with Gasteiger partial charge in [-0.15, -0.1) is 0 Å². The summed E-state index contributed by atoms with van der Waals surface area (Å²) >= 11 is 1.57. The molecule has 1 unspecified atom stereocenters. The smallest absolute Gasteiger partial charge is 0.184 e. The molecule has 3 heteroatoms. The molecule has 0 aromatic carbocycles. The molecule has 0 radical (unpaired) electrons. The topological polar surface area (TPSA) is 29.4 Å². The van der Waals surface area contributed by atoms with Gasteiger partial charge in [-0.25, -0.2) is 0 Å². The number of hydrogen-bond donors (Lipinski definition) is 0. The van der Waals surface area contributed by atoms with E-state index in [1.54, 1.807) is 18.7 Å². The van der Waals surface area contributed by atoms with Crippen molar-refractivity contribution in [2.24, 2.45) is 4.99 Å². The van der Waals surface area contributed by atoms with Crippen LogP contribution in [0.1, 0.15) is 13.8 Å². The van der Waals surface area contributed by atoms with E-state index in [-0.39, 0.29) is 5.78 Å². The number of carbonyl (C=O) groups is 1. The van der Waals surface area contributed by atoms with Crippen molar-refractivity contribution in [3.05, 3.63) is 0 Å². The molecule has 0 saturated carbocycles. The molecule has 1 atom stereocenters. The van der Waals surface area contributed by atoms with E-state index in [4.69, 9.17) is 0 Å². The largest absolute Gasteiger partial charge is 0.292 e. The second-order valence-corrected chi connectivity index (χ2v) is 3.56. The van der Waals surface area contributed by atoms with Crippen LogP contribution >= 0.6 is 11.8 Å². The lowest BCUT2D eigenvalue weighted by Gasteiger charge is -1.94. The highest BCUT2D eigenvalue weighted by Crippen LogP contribution is 2.20. The molecule has 0 N–H and O–H groups in total. The van der Waals surface area contributed by atoms with Crippen LogP contribution in [-0.4, -0.2) is 22.6 Å². The Kier molecular flexibility index (Phi) is 1.90. The van der Waals surface area contributed by atoms with Gasteiger partial charge in [0.2, 0.25) is 0 Å². The summed E-state index contributed by atoms with van der Waals surface area (Å²) in [4.78, 5) is 14.7. The summed E-state index contributed by atoms with van der Waals surface area (Å²) in [5, 5.41) is 1.20. The second-order valence-electron chi connectivity index (χ2n) is 2.13. The van der Waals surface area contributed by atoms with E-state index in [0.29, 0.717) is 10.3 Å². The van der Waals surface area contributed by atoms with Gasteiger partial charge in [0.1, 0.15) is 5.04 Å². The van der Waals surface area contributed by atoms with Gasteiger partial charge in [-0.3, -0.25) is 9.79 Å². The number of rotatable bonds is 1. The molecule has 0 bridgehead atoms. The number of carbonyl (C=O) groups excluding carboxylic acids is 1. The third-order valence-corrected chi connectivity index (χ3v) is 2.30. The number of Topliss-reactive ketones (excluding diaryl/α,β-unsaturated/α-hetero) is 1. The number of hydrogen-bond acceptors (Lipinski definition) is 3. The van der Waals surface area contributed by atoms with E-state index in [2.05, 4.69) is 11.9 Å². The summed E-state index contributed by atoms with van der Waals surface area (Å²) in [6, 6.07) is 0. The van der Waals surface area contributed by atoms with E-state index in [1.807, 2.05) is 0 Å². The van der Waals surface area contributed by atoms with Crippen LogP contribution in [0.3, 0.4) is 0 Å². The highest BCUT2D eigenvalue weighted by atomic mass is 32.2. The van der Waals surface area contributed by atoms with Gasteiger partial charge in [-0.2, -0.15) is 0 Å². The van der Waals surface area contributed by atoms with Gasteiger partial charge >= 0.3 is 0 Å². The molecular weight excluding hydrogens is 134 g/mol. The molecule has 0 amide bonds. The van der Waals surface area contributed by atoms with E-state index < -0.39 is 0 Å². The van der Waals surface area contributed by atoms with Crippen LogP contribution in [-0.2, 0) is 4.79 Å². The summed E-state index contributed by atoms with van der Waals surface area (Å²) < 4.78 is 0. The Morgan fingerprint density at radius 3 is 2.78 bits per heavy atom. The SMILES string of the molecule is CC(=O)C1=NCC(C)S1. The maximum atomic E-state index is 10.6. The molecule has 0 aromatic heterocycles. The van der Waals surface area contributed by atoms with Gasteiger partial charge in [0.15, 0.2) is 5.78 Å². The minimum Gasteiger partial charge on any atom is -0.292 e. The molecule has 0 fully saturated rings. The Bertz CT molecular complexity index is 164. The molecule has 1 rings (SSSR count). The zero-order chi connectivity index (χ0) is 6.85. The summed E-state index contributed by atoms with van der Waals surface area (Å²) in [5.41, 5.74) is 0. The van der Waals surface area contributed by atoms with Gasteiger partial charge in [0.05, 0.1) is 6.54 Å². The van der Waals surface area contributed by atoms with Crippen LogP contribution in [0.25, 0.3) is 0 Å². The van der Waals surface area contributed by atoms with Crippen LogP contribution in [0.5, 0.6) is 0 Å². The highest BCUT2D eigenvalue weighted by Gasteiger charge is 2.17. The Morgan fingerprint density at radius 1 is 1.89 bits per heavy atom. The molecule has 0 spiro atoms. The van der Waals surface area contributed by atoms with Crippen molar-refractivity contribution in [2.75, 3.05) is 6.54 Å². The normalized spacial score (nSPS) is 26.0.